The molecule has 2 aromatic heterocycles. The van der Waals surface area contributed by atoms with Crippen LogP contribution in [-0.2, 0) is 6.42 Å². The molecule has 0 amide bonds. The van der Waals surface area contributed by atoms with Crippen LogP contribution in [-0.4, -0.2) is 26.0 Å². The van der Waals surface area contributed by atoms with E-state index >= 15 is 0 Å². The molecule has 1 N–H and O–H groups in total. The van der Waals surface area contributed by atoms with Gasteiger partial charge in [-0.15, -0.1) is 0 Å². The van der Waals surface area contributed by atoms with E-state index in [4.69, 9.17) is 16.7 Å². The fourth-order valence-corrected chi connectivity index (χ4v) is 1.77. The molecule has 98 valence electrons. The van der Waals surface area contributed by atoms with Gasteiger partial charge in [0.15, 0.2) is 5.82 Å². The maximum absolute atomic E-state index is 11.1. The lowest BCUT2D eigenvalue weighted by atomic mass is 10.1. The molecular formula is C13H12ClN3O2. The number of halogens is 1. The van der Waals surface area contributed by atoms with Gasteiger partial charge in [0.1, 0.15) is 5.69 Å². The third-order valence-electron chi connectivity index (χ3n) is 2.54. The number of aromatic nitrogens is 3. The maximum Gasteiger partial charge on any atom is 0.339 e. The number of rotatable bonds is 4. The van der Waals surface area contributed by atoms with Crippen molar-refractivity contribution in [2.75, 3.05) is 0 Å². The van der Waals surface area contributed by atoms with Gasteiger partial charge in [0.05, 0.1) is 16.3 Å². The molecule has 0 atom stereocenters. The van der Waals surface area contributed by atoms with Crippen LogP contribution in [0.5, 0.6) is 0 Å². The highest BCUT2D eigenvalue weighted by molar-refractivity contribution is 6.30. The molecule has 0 saturated heterocycles. The van der Waals surface area contributed by atoms with E-state index in [9.17, 15) is 4.79 Å². The molecule has 0 aliphatic heterocycles. The van der Waals surface area contributed by atoms with Gasteiger partial charge >= 0.3 is 5.97 Å². The summed E-state index contributed by atoms with van der Waals surface area (Å²) in [5, 5.41) is 9.60. The molecule has 2 rings (SSSR count). The average molecular weight is 278 g/mol. The first-order chi connectivity index (χ1) is 9.11. The molecule has 0 aromatic carbocycles. The SMILES string of the molecule is CCCc1nc(-c2ccc(Cl)cn2)ncc1C(=O)O. The normalized spacial score (nSPS) is 10.4. The highest BCUT2D eigenvalue weighted by atomic mass is 35.5. The molecule has 0 fully saturated rings. The van der Waals surface area contributed by atoms with E-state index in [1.807, 2.05) is 6.92 Å². The number of carboxylic acids is 1. The summed E-state index contributed by atoms with van der Waals surface area (Å²) in [6.07, 6.45) is 4.23. The van der Waals surface area contributed by atoms with Crippen LogP contribution >= 0.6 is 11.6 Å². The highest BCUT2D eigenvalue weighted by Crippen LogP contribution is 2.17. The van der Waals surface area contributed by atoms with Gasteiger partial charge in [-0.3, -0.25) is 4.98 Å². The Labute approximate surface area is 115 Å². The van der Waals surface area contributed by atoms with Crippen molar-refractivity contribution in [2.45, 2.75) is 19.8 Å². The average Bonchev–Trinajstić information content (AvgIpc) is 2.39. The minimum Gasteiger partial charge on any atom is -0.478 e. The molecule has 0 saturated carbocycles. The highest BCUT2D eigenvalue weighted by Gasteiger charge is 2.14. The smallest absolute Gasteiger partial charge is 0.339 e. The molecule has 2 aromatic rings. The zero-order chi connectivity index (χ0) is 13.8. The topological polar surface area (TPSA) is 76.0 Å². The molecule has 0 bridgehead atoms. The van der Waals surface area contributed by atoms with Crippen molar-refractivity contribution < 1.29 is 9.90 Å². The zero-order valence-corrected chi connectivity index (χ0v) is 11.1. The van der Waals surface area contributed by atoms with E-state index in [2.05, 4.69) is 15.0 Å². The van der Waals surface area contributed by atoms with E-state index < -0.39 is 5.97 Å². The van der Waals surface area contributed by atoms with Crippen molar-refractivity contribution in [2.24, 2.45) is 0 Å². The van der Waals surface area contributed by atoms with Crippen molar-refractivity contribution in [3.8, 4) is 11.5 Å². The Balaban J connectivity index is 2.45. The third kappa shape index (κ3) is 3.06. The minimum absolute atomic E-state index is 0.138. The van der Waals surface area contributed by atoms with Gasteiger partial charge in [-0.25, -0.2) is 14.8 Å². The predicted molar refractivity (Wildman–Crippen MR) is 71.2 cm³/mol. The summed E-state index contributed by atoms with van der Waals surface area (Å²) in [7, 11) is 0. The van der Waals surface area contributed by atoms with Crippen molar-refractivity contribution in [3.05, 3.63) is 40.8 Å². The van der Waals surface area contributed by atoms with E-state index in [1.54, 1.807) is 12.1 Å². The molecule has 5 nitrogen and oxygen atoms in total. The number of carbonyl (C=O) groups is 1. The molecule has 6 heteroatoms. The lowest BCUT2D eigenvalue weighted by molar-refractivity contribution is 0.0694. The van der Waals surface area contributed by atoms with Crippen molar-refractivity contribution >= 4 is 17.6 Å². The molecular weight excluding hydrogens is 266 g/mol. The van der Waals surface area contributed by atoms with Crippen molar-refractivity contribution in [1.29, 1.82) is 0 Å². The van der Waals surface area contributed by atoms with Crippen LogP contribution in [0.4, 0.5) is 0 Å². The fourth-order valence-electron chi connectivity index (χ4n) is 1.65. The van der Waals surface area contributed by atoms with E-state index in [-0.39, 0.29) is 5.56 Å². The predicted octanol–water partition coefficient (Wildman–Crippen LogP) is 2.84. The van der Waals surface area contributed by atoms with Crippen LogP contribution in [0.25, 0.3) is 11.5 Å². The summed E-state index contributed by atoms with van der Waals surface area (Å²) in [5.41, 5.74) is 1.23. The fraction of sp³-hybridized carbons (Fsp3) is 0.231. The molecule has 0 aliphatic carbocycles. The Morgan fingerprint density at radius 1 is 1.32 bits per heavy atom. The first-order valence-corrected chi connectivity index (χ1v) is 6.20. The first kappa shape index (κ1) is 13.4. The molecule has 0 unspecified atom stereocenters. The second-order valence-electron chi connectivity index (χ2n) is 3.97. The largest absolute Gasteiger partial charge is 0.478 e. The van der Waals surface area contributed by atoms with Gasteiger partial charge in [-0.05, 0) is 18.6 Å². The van der Waals surface area contributed by atoms with Gasteiger partial charge < -0.3 is 5.11 Å². The standard InChI is InChI=1S/C13H12ClN3O2/c1-2-3-10-9(13(18)19)7-16-12(17-10)11-5-4-8(14)6-15-11/h4-7H,2-3H2,1H3,(H,18,19). The molecule has 0 radical (unpaired) electrons. The zero-order valence-electron chi connectivity index (χ0n) is 10.3. The number of aromatic carboxylic acids is 1. The maximum atomic E-state index is 11.1. The quantitative estimate of drug-likeness (QED) is 0.930. The lowest BCUT2D eigenvalue weighted by Crippen LogP contribution is -2.07. The molecule has 2 heterocycles. The van der Waals surface area contributed by atoms with Crippen LogP contribution < -0.4 is 0 Å². The Hall–Kier alpha value is -2.01. The number of pyridine rings is 1. The number of carboxylic acid groups (broad SMARTS) is 1. The third-order valence-corrected chi connectivity index (χ3v) is 2.76. The Morgan fingerprint density at radius 2 is 2.11 bits per heavy atom. The number of nitrogens with zero attached hydrogens (tertiary/aromatic N) is 3. The van der Waals surface area contributed by atoms with E-state index in [0.29, 0.717) is 28.7 Å². The monoisotopic (exact) mass is 277 g/mol. The second kappa shape index (κ2) is 5.75. The Morgan fingerprint density at radius 3 is 2.68 bits per heavy atom. The van der Waals surface area contributed by atoms with Gasteiger partial charge in [0, 0.05) is 12.4 Å². The van der Waals surface area contributed by atoms with E-state index in [1.165, 1.54) is 12.4 Å². The van der Waals surface area contributed by atoms with Crippen molar-refractivity contribution in [3.63, 3.8) is 0 Å². The molecule has 0 spiro atoms. The molecule has 0 aliphatic rings. The van der Waals surface area contributed by atoms with Crippen LogP contribution in [0.15, 0.2) is 24.5 Å². The minimum atomic E-state index is -1.01. The number of aryl methyl sites for hydroxylation is 1. The first-order valence-electron chi connectivity index (χ1n) is 5.83. The van der Waals surface area contributed by atoms with Crippen molar-refractivity contribution in [1.82, 2.24) is 15.0 Å². The summed E-state index contributed by atoms with van der Waals surface area (Å²) < 4.78 is 0. The van der Waals surface area contributed by atoms with Gasteiger partial charge in [-0.1, -0.05) is 24.9 Å². The van der Waals surface area contributed by atoms with E-state index in [0.717, 1.165) is 6.42 Å². The summed E-state index contributed by atoms with van der Waals surface area (Å²) in [6, 6.07) is 3.39. The van der Waals surface area contributed by atoms with Crippen LogP contribution in [0.3, 0.4) is 0 Å². The van der Waals surface area contributed by atoms with Gasteiger partial charge in [0.2, 0.25) is 0 Å². The summed E-state index contributed by atoms with van der Waals surface area (Å²) in [4.78, 5) is 23.5. The summed E-state index contributed by atoms with van der Waals surface area (Å²) in [5.74, 6) is -0.607. The Kier molecular flexibility index (Phi) is 4.06. The molecule has 19 heavy (non-hydrogen) atoms. The second-order valence-corrected chi connectivity index (χ2v) is 4.41. The number of hydrogen-bond donors (Lipinski definition) is 1. The van der Waals surface area contributed by atoms with Gasteiger partial charge in [0.25, 0.3) is 0 Å². The number of hydrogen-bond acceptors (Lipinski definition) is 4. The van der Waals surface area contributed by atoms with Gasteiger partial charge in [-0.2, -0.15) is 0 Å². The summed E-state index contributed by atoms with van der Waals surface area (Å²) >= 11 is 5.77. The van der Waals surface area contributed by atoms with Crippen LogP contribution in [0.2, 0.25) is 5.02 Å². The lowest BCUT2D eigenvalue weighted by Gasteiger charge is -2.06. The van der Waals surface area contributed by atoms with Crippen LogP contribution in [0.1, 0.15) is 29.4 Å². The Bertz CT molecular complexity index is 599. The van der Waals surface area contributed by atoms with Crippen LogP contribution in [0, 0.1) is 0 Å². The summed E-state index contributed by atoms with van der Waals surface area (Å²) in [6.45, 7) is 1.97.